The molecule has 1 fully saturated rings. The SMILES string of the molecule is CC(=O)ON1C(=O)C(CCCCCCc2ccccc2)C1S(=O)Cc1ccccc1. The van der Waals surface area contributed by atoms with Crippen molar-refractivity contribution in [1.29, 1.82) is 0 Å². The topological polar surface area (TPSA) is 63.7 Å². The molecule has 0 saturated carbocycles. The van der Waals surface area contributed by atoms with E-state index in [4.69, 9.17) is 4.84 Å². The van der Waals surface area contributed by atoms with Crippen LogP contribution in [0.3, 0.4) is 0 Å². The first-order chi connectivity index (χ1) is 14.6. The Labute approximate surface area is 180 Å². The number of hydrogen-bond donors (Lipinski definition) is 0. The van der Waals surface area contributed by atoms with Crippen molar-refractivity contribution in [3.8, 4) is 0 Å². The van der Waals surface area contributed by atoms with Gasteiger partial charge in [0, 0.05) is 6.92 Å². The van der Waals surface area contributed by atoms with E-state index in [9.17, 15) is 13.8 Å². The first-order valence-electron chi connectivity index (χ1n) is 10.5. The highest BCUT2D eigenvalue weighted by Gasteiger charge is 2.52. The van der Waals surface area contributed by atoms with Crippen LogP contribution >= 0.6 is 0 Å². The van der Waals surface area contributed by atoms with E-state index < -0.39 is 22.1 Å². The molecule has 3 unspecified atom stereocenters. The van der Waals surface area contributed by atoms with Gasteiger partial charge in [-0.25, -0.2) is 0 Å². The molecule has 1 aliphatic rings. The molecule has 1 aliphatic heterocycles. The number of hydroxylamine groups is 2. The molecule has 0 aromatic heterocycles. The van der Waals surface area contributed by atoms with Gasteiger partial charge in [-0.1, -0.05) is 79.9 Å². The van der Waals surface area contributed by atoms with Crippen molar-refractivity contribution < 1.29 is 18.6 Å². The minimum absolute atomic E-state index is 0.235. The monoisotopic (exact) mass is 427 g/mol. The number of hydrogen-bond acceptors (Lipinski definition) is 4. The van der Waals surface area contributed by atoms with Gasteiger partial charge in [0.1, 0.15) is 0 Å². The third kappa shape index (κ3) is 6.02. The molecule has 1 heterocycles. The van der Waals surface area contributed by atoms with Crippen molar-refractivity contribution >= 4 is 22.7 Å². The summed E-state index contributed by atoms with van der Waals surface area (Å²) in [6.45, 7) is 1.25. The molecular weight excluding hydrogens is 398 g/mol. The maximum atomic E-state index is 13.0. The molecule has 6 heteroatoms. The molecule has 3 rings (SSSR count). The second-order valence-electron chi connectivity index (χ2n) is 7.69. The number of unbranched alkanes of at least 4 members (excludes halogenated alkanes) is 3. The van der Waals surface area contributed by atoms with Crippen LogP contribution in [-0.2, 0) is 37.4 Å². The summed E-state index contributed by atoms with van der Waals surface area (Å²) >= 11 is 0. The largest absolute Gasteiger partial charge is 0.337 e. The quantitative estimate of drug-likeness (QED) is 0.394. The molecule has 2 aromatic carbocycles. The number of carbonyl (C=O) groups excluding carboxylic acids is 2. The molecule has 1 amide bonds. The Bertz CT molecular complexity index is 856. The van der Waals surface area contributed by atoms with Crippen LogP contribution < -0.4 is 0 Å². The average molecular weight is 428 g/mol. The summed E-state index contributed by atoms with van der Waals surface area (Å²) in [5, 5.41) is 0.465. The van der Waals surface area contributed by atoms with E-state index >= 15 is 0 Å². The van der Waals surface area contributed by atoms with Crippen molar-refractivity contribution in [2.24, 2.45) is 5.92 Å². The number of β-lactam (4-membered cyclic amide) rings is 1. The van der Waals surface area contributed by atoms with Crippen LogP contribution in [0, 0.1) is 5.92 Å². The molecular formula is C24H29NO4S. The predicted octanol–water partition coefficient (Wildman–Crippen LogP) is 4.39. The minimum Gasteiger partial charge on any atom is -0.337 e. The highest BCUT2D eigenvalue weighted by Crippen LogP contribution is 2.35. The Morgan fingerprint density at radius 3 is 2.17 bits per heavy atom. The third-order valence-corrected chi connectivity index (χ3v) is 7.01. The fourth-order valence-electron chi connectivity index (χ4n) is 3.80. The van der Waals surface area contributed by atoms with Crippen molar-refractivity contribution in [2.45, 2.75) is 56.6 Å². The molecule has 2 aromatic rings. The lowest BCUT2D eigenvalue weighted by Gasteiger charge is -2.43. The number of rotatable bonds is 11. The zero-order valence-corrected chi connectivity index (χ0v) is 18.2. The summed E-state index contributed by atoms with van der Waals surface area (Å²) in [5.41, 5.74) is 2.29. The molecule has 160 valence electrons. The molecule has 5 nitrogen and oxygen atoms in total. The summed E-state index contributed by atoms with van der Waals surface area (Å²) in [7, 11) is -1.33. The lowest BCUT2D eigenvalue weighted by molar-refractivity contribution is -0.226. The minimum atomic E-state index is -1.33. The summed E-state index contributed by atoms with van der Waals surface area (Å²) in [6, 6.07) is 20.0. The number of nitrogens with zero attached hydrogens (tertiary/aromatic N) is 1. The van der Waals surface area contributed by atoms with Gasteiger partial charge in [0.15, 0.2) is 5.37 Å². The van der Waals surface area contributed by atoms with Crippen LogP contribution in [0.25, 0.3) is 0 Å². The Morgan fingerprint density at radius 2 is 1.53 bits per heavy atom. The van der Waals surface area contributed by atoms with E-state index in [0.29, 0.717) is 12.2 Å². The zero-order chi connectivity index (χ0) is 21.3. The molecule has 0 spiro atoms. The first kappa shape index (κ1) is 22.2. The van der Waals surface area contributed by atoms with Gasteiger partial charge in [0.2, 0.25) is 0 Å². The third-order valence-electron chi connectivity index (χ3n) is 5.33. The number of aryl methyl sites for hydroxylation is 1. The Kier molecular flexibility index (Phi) is 8.20. The van der Waals surface area contributed by atoms with Gasteiger partial charge in [-0.2, -0.15) is 5.06 Å². The zero-order valence-electron chi connectivity index (χ0n) is 17.4. The standard InChI is InChI=1S/C24H29NO4S/c1-19(26)29-25-23(27)22(24(25)30(28)18-21-15-9-5-10-16-21)17-11-3-2-6-12-20-13-7-4-8-14-20/h4-5,7-10,13-16,22,24H,2-3,6,11-12,17-18H2,1H3. The Balaban J connectivity index is 1.48. The van der Waals surface area contributed by atoms with E-state index in [2.05, 4.69) is 24.3 Å². The van der Waals surface area contributed by atoms with Crippen LogP contribution in [0.4, 0.5) is 0 Å². The highest BCUT2D eigenvalue weighted by atomic mass is 32.2. The van der Waals surface area contributed by atoms with E-state index in [1.54, 1.807) is 0 Å². The van der Waals surface area contributed by atoms with E-state index in [1.807, 2.05) is 36.4 Å². The van der Waals surface area contributed by atoms with Gasteiger partial charge in [-0.15, -0.1) is 0 Å². The second-order valence-corrected chi connectivity index (χ2v) is 9.23. The smallest absolute Gasteiger partial charge is 0.329 e. The van der Waals surface area contributed by atoms with Crippen LogP contribution in [0.5, 0.6) is 0 Å². The molecule has 0 bridgehead atoms. The average Bonchev–Trinajstić information content (AvgIpc) is 2.75. The highest BCUT2D eigenvalue weighted by molar-refractivity contribution is 7.85. The Morgan fingerprint density at radius 1 is 0.933 bits per heavy atom. The predicted molar refractivity (Wildman–Crippen MR) is 117 cm³/mol. The van der Waals surface area contributed by atoms with E-state index in [-0.39, 0.29) is 11.8 Å². The number of benzene rings is 2. The number of amides is 1. The lowest BCUT2D eigenvalue weighted by Crippen LogP contribution is -2.62. The summed E-state index contributed by atoms with van der Waals surface area (Å²) < 4.78 is 13.0. The summed E-state index contributed by atoms with van der Waals surface area (Å²) in [4.78, 5) is 28.9. The molecule has 1 saturated heterocycles. The van der Waals surface area contributed by atoms with Crippen LogP contribution in [-0.4, -0.2) is 26.5 Å². The van der Waals surface area contributed by atoms with Crippen molar-refractivity contribution in [3.63, 3.8) is 0 Å². The molecule has 30 heavy (non-hydrogen) atoms. The fraction of sp³-hybridized carbons (Fsp3) is 0.417. The van der Waals surface area contributed by atoms with Crippen LogP contribution in [0.2, 0.25) is 0 Å². The van der Waals surface area contributed by atoms with E-state index in [0.717, 1.165) is 42.7 Å². The van der Waals surface area contributed by atoms with Crippen LogP contribution in [0.1, 0.15) is 50.2 Å². The lowest BCUT2D eigenvalue weighted by atomic mass is 9.93. The number of carbonyl (C=O) groups is 2. The fourth-order valence-corrected chi connectivity index (χ4v) is 5.47. The maximum absolute atomic E-state index is 13.0. The first-order valence-corrected chi connectivity index (χ1v) is 11.9. The second kappa shape index (κ2) is 11.1. The van der Waals surface area contributed by atoms with Crippen molar-refractivity contribution in [2.75, 3.05) is 0 Å². The molecule has 0 N–H and O–H groups in total. The maximum Gasteiger partial charge on any atom is 0.329 e. The van der Waals surface area contributed by atoms with Gasteiger partial charge in [0.05, 0.1) is 22.5 Å². The van der Waals surface area contributed by atoms with Gasteiger partial charge in [0.25, 0.3) is 5.91 Å². The van der Waals surface area contributed by atoms with Crippen LogP contribution in [0.15, 0.2) is 60.7 Å². The summed E-state index contributed by atoms with van der Waals surface area (Å²) in [6.07, 6.45) is 5.88. The van der Waals surface area contributed by atoms with Crippen molar-refractivity contribution in [3.05, 3.63) is 71.8 Å². The Hall–Kier alpha value is -2.47. The van der Waals surface area contributed by atoms with E-state index in [1.165, 1.54) is 12.5 Å². The van der Waals surface area contributed by atoms with Gasteiger partial charge in [-0.3, -0.25) is 13.8 Å². The van der Waals surface area contributed by atoms with Crippen molar-refractivity contribution in [1.82, 2.24) is 5.06 Å². The molecule has 0 radical (unpaired) electrons. The normalized spacial score (nSPS) is 19.2. The van der Waals surface area contributed by atoms with Gasteiger partial charge < -0.3 is 4.84 Å². The van der Waals surface area contributed by atoms with Gasteiger partial charge >= 0.3 is 5.97 Å². The summed E-state index contributed by atoms with van der Waals surface area (Å²) in [5.74, 6) is -0.808. The molecule has 3 atom stereocenters. The molecule has 0 aliphatic carbocycles. The van der Waals surface area contributed by atoms with Gasteiger partial charge in [-0.05, 0) is 30.4 Å².